The van der Waals surface area contributed by atoms with Gasteiger partial charge in [-0.15, -0.1) is 0 Å². The van der Waals surface area contributed by atoms with Crippen LogP contribution in [0.1, 0.15) is 42.1 Å². The van der Waals surface area contributed by atoms with Gasteiger partial charge in [0.1, 0.15) is 11.6 Å². The van der Waals surface area contributed by atoms with Crippen LogP contribution in [-0.2, 0) is 9.53 Å². The summed E-state index contributed by atoms with van der Waals surface area (Å²) in [5.41, 5.74) is 2.33. The van der Waals surface area contributed by atoms with Crippen molar-refractivity contribution in [2.24, 2.45) is 0 Å². The molecule has 0 bridgehead atoms. The molecular weight excluding hydrogens is 354 g/mol. The first-order valence-electron chi connectivity index (χ1n) is 8.96. The largest absolute Gasteiger partial charge is 0.465 e. The van der Waals surface area contributed by atoms with Gasteiger partial charge in [0.2, 0.25) is 0 Å². The highest BCUT2D eigenvalue weighted by Gasteiger charge is 2.16. The summed E-state index contributed by atoms with van der Waals surface area (Å²) in [6.07, 6.45) is 2.34. The average molecular weight is 377 g/mol. The zero-order valence-electron chi connectivity index (χ0n) is 16.2. The molecule has 28 heavy (non-hydrogen) atoms. The van der Waals surface area contributed by atoms with Crippen LogP contribution in [0.2, 0.25) is 0 Å². The molecule has 2 rings (SSSR count). The second-order valence-electron chi connectivity index (χ2n) is 6.20. The zero-order chi connectivity index (χ0) is 20.5. The number of esters is 1. The highest BCUT2D eigenvalue weighted by Crippen LogP contribution is 2.26. The first kappa shape index (κ1) is 20.7. The third-order valence-corrected chi connectivity index (χ3v) is 4.42. The number of hydrogen-bond donors (Lipinski definition) is 2. The number of methoxy groups -OCH3 is 1. The summed E-state index contributed by atoms with van der Waals surface area (Å²) in [6.45, 7) is 4.22. The van der Waals surface area contributed by atoms with E-state index in [0.29, 0.717) is 5.92 Å². The quantitative estimate of drug-likeness (QED) is 0.423. The third-order valence-electron chi connectivity index (χ3n) is 4.42. The zero-order valence-corrected chi connectivity index (χ0v) is 16.2. The Hall–Kier alpha value is -3.59. The van der Waals surface area contributed by atoms with Crippen LogP contribution >= 0.6 is 0 Å². The van der Waals surface area contributed by atoms with Gasteiger partial charge in [0, 0.05) is 11.9 Å². The van der Waals surface area contributed by atoms with Gasteiger partial charge in [0.15, 0.2) is 0 Å². The van der Waals surface area contributed by atoms with E-state index in [4.69, 9.17) is 4.74 Å². The summed E-state index contributed by atoms with van der Waals surface area (Å²) >= 11 is 0. The molecule has 2 N–H and O–H groups in total. The second-order valence-corrected chi connectivity index (χ2v) is 6.20. The van der Waals surface area contributed by atoms with Crippen LogP contribution in [0.5, 0.6) is 0 Å². The van der Waals surface area contributed by atoms with E-state index >= 15 is 0 Å². The molecule has 0 heterocycles. The molecule has 0 radical (unpaired) electrons. The maximum absolute atomic E-state index is 12.5. The molecule has 1 unspecified atom stereocenters. The Morgan fingerprint density at radius 3 is 2.43 bits per heavy atom. The average Bonchev–Trinajstić information content (AvgIpc) is 2.73. The summed E-state index contributed by atoms with van der Waals surface area (Å²) in [5.74, 6) is -0.852. The summed E-state index contributed by atoms with van der Waals surface area (Å²) in [6, 6.07) is 16.1. The number of para-hydroxylation sites is 2. The number of carbonyl (C=O) groups is 2. The van der Waals surface area contributed by atoms with Crippen LogP contribution in [0, 0.1) is 11.3 Å². The number of anilines is 2. The van der Waals surface area contributed by atoms with Gasteiger partial charge < -0.3 is 15.4 Å². The van der Waals surface area contributed by atoms with Crippen LogP contribution < -0.4 is 10.6 Å². The van der Waals surface area contributed by atoms with Crippen molar-refractivity contribution in [3.05, 3.63) is 71.4 Å². The van der Waals surface area contributed by atoms with E-state index in [1.165, 1.54) is 19.4 Å². The molecule has 0 aliphatic rings. The molecule has 1 atom stereocenters. The molecule has 0 saturated carbocycles. The van der Waals surface area contributed by atoms with Crippen LogP contribution in [0.15, 0.2) is 60.3 Å². The lowest BCUT2D eigenvalue weighted by atomic mass is 9.97. The smallest absolute Gasteiger partial charge is 0.339 e. The Bertz CT molecular complexity index is 929. The van der Waals surface area contributed by atoms with E-state index in [-0.39, 0.29) is 16.8 Å². The van der Waals surface area contributed by atoms with E-state index in [0.717, 1.165) is 17.7 Å². The molecular formula is C22H23N3O3. The van der Waals surface area contributed by atoms with Crippen molar-refractivity contribution in [1.29, 1.82) is 5.26 Å². The Morgan fingerprint density at radius 2 is 1.79 bits per heavy atom. The molecule has 0 spiro atoms. The predicted molar refractivity (Wildman–Crippen MR) is 109 cm³/mol. The van der Waals surface area contributed by atoms with Gasteiger partial charge in [-0.2, -0.15) is 5.26 Å². The van der Waals surface area contributed by atoms with Gasteiger partial charge in [-0.3, -0.25) is 4.79 Å². The Morgan fingerprint density at radius 1 is 1.14 bits per heavy atom. The van der Waals surface area contributed by atoms with Crippen molar-refractivity contribution in [3.63, 3.8) is 0 Å². The maximum Gasteiger partial charge on any atom is 0.339 e. The number of amides is 1. The number of carbonyl (C=O) groups excluding carboxylic acids is 2. The van der Waals surface area contributed by atoms with Gasteiger partial charge in [-0.25, -0.2) is 4.79 Å². The summed E-state index contributed by atoms with van der Waals surface area (Å²) in [5, 5.41) is 15.0. The SMILES string of the molecule is CCC(C)c1ccccc1N/C=C(/C#N)C(=O)Nc1ccccc1C(=O)OC. The molecule has 0 aliphatic heterocycles. The minimum absolute atomic E-state index is 0.112. The normalized spacial score (nSPS) is 11.9. The van der Waals surface area contributed by atoms with Crippen LogP contribution in [0.4, 0.5) is 11.4 Å². The molecule has 6 nitrogen and oxygen atoms in total. The highest BCUT2D eigenvalue weighted by atomic mass is 16.5. The van der Waals surface area contributed by atoms with E-state index in [1.54, 1.807) is 18.2 Å². The number of hydrogen-bond acceptors (Lipinski definition) is 5. The number of nitrogens with one attached hydrogen (secondary N) is 2. The lowest BCUT2D eigenvalue weighted by Gasteiger charge is -2.15. The fraction of sp³-hybridized carbons (Fsp3) is 0.227. The van der Waals surface area contributed by atoms with Crippen molar-refractivity contribution < 1.29 is 14.3 Å². The lowest BCUT2D eigenvalue weighted by molar-refractivity contribution is -0.112. The highest BCUT2D eigenvalue weighted by molar-refractivity contribution is 6.09. The molecule has 2 aromatic carbocycles. The monoisotopic (exact) mass is 377 g/mol. The molecule has 144 valence electrons. The van der Waals surface area contributed by atoms with Gasteiger partial charge in [-0.05, 0) is 36.1 Å². The number of nitrogens with zero attached hydrogens (tertiary/aromatic N) is 1. The predicted octanol–water partition coefficient (Wildman–Crippen LogP) is 4.44. The Kier molecular flexibility index (Phi) is 7.35. The number of benzene rings is 2. The first-order chi connectivity index (χ1) is 13.5. The minimum Gasteiger partial charge on any atom is -0.465 e. The van der Waals surface area contributed by atoms with Gasteiger partial charge in [0.05, 0.1) is 18.4 Å². The molecule has 6 heteroatoms. The van der Waals surface area contributed by atoms with E-state index in [1.807, 2.05) is 30.3 Å². The standard InChI is InChI=1S/C22H23N3O3/c1-4-15(2)17-9-5-7-11-19(17)24-14-16(13-23)21(26)25-20-12-8-6-10-18(20)22(27)28-3/h5-12,14-15,24H,4H2,1-3H3,(H,25,26)/b16-14-. The molecule has 0 aliphatic carbocycles. The van der Waals surface area contributed by atoms with Crippen LogP contribution in [0.25, 0.3) is 0 Å². The summed E-state index contributed by atoms with van der Waals surface area (Å²) in [7, 11) is 1.26. The van der Waals surface area contributed by atoms with Gasteiger partial charge in [-0.1, -0.05) is 44.2 Å². The van der Waals surface area contributed by atoms with Crippen molar-refractivity contribution >= 4 is 23.3 Å². The number of rotatable bonds is 7. The van der Waals surface area contributed by atoms with Crippen molar-refractivity contribution in [1.82, 2.24) is 0 Å². The van der Waals surface area contributed by atoms with Crippen molar-refractivity contribution in [2.45, 2.75) is 26.2 Å². The maximum atomic E-state index is 12.5. The summed E-state index contributed by atoms with van der Waals surface area (Å²) < 4.78 is 4.71. The van der Waals surface area contributed by atoms with E-state index in [2.05, 4.69) is 24.5 Å². The Labute approximate surface area is 164 Å². The van der Waals surface area contributed by atoms with Gasteiger partial charge >= 0.3 is 5.97 Å². The first-order valence-corrected chi connectivity index (χ1v) is 8.96. The van der Waals surface area contributed by atoms with Gasteiger partial charge in [0.25, 0.3) is 5.91 Å². The number of ether oxygens (including phenoxy) is 1. The topological polar surface area (TPSA) is 91.2 Å². The van der Waals surface area contributed by atoms with Crippen LogP contribution in [0.3, 0.4) is 0 Å². The third kappa shape index (κ3) is 4.98. The number of nitriles is 1. The molecule has 0 fully saturated rings. The molecule has 1 amide bonds. The molecule has 0 aromatic heterocycles. The van der Waals surface area contributed by atoms with Crippen LogP contribution in [-0.4, -0.2) is 19.0 Å². The molecule has 2 aromatic rings. The Balaban J connectivity index is 2.22. The fourth-order valence-corrected chi connectivity index (χ4v) is 2.65. The summed E-state index contributed by atoms with van der Waals surface area (Å²) in [4.78, 5) is 24.3. The lowest BCUT2D eigenvalue weighted by Crippen LogP contribution is -2.17. The second kappa shape index (κ2) is 9.93. The van der Waals surface area contributed by atoms with Crippen molar-refractivity contribution in [3.8, 4) is 6.07 Å². The van der Waals surface area contributed by atoms with E-state index < -0.39 is 11.9 Å². The molecule has 0 saturated heterocycles. The fourth-order valence-electron chi connectivity index (χ4n) is 2.65. The van der Waals surface area contributed by atoms with Crippen molar-refractivity contribution in [2.75, 3.05) is 17.7 Å². The van der Waals surface area contributed by atoms with E-state index in [9.17, 15) is 14.9 Å². The minimum atomic E-state index is -0.618.